The molecular formula is C17H15BrN2O4. The molecule has 1 N–H and O–H groups in total. The number of nitrogens with zero attached hydrogens (tertiary/aromatic N) is 1. The van der Waals surface area contributed by atoms with E-state index in [0.717, 1.165) is 4.47 Å². The second-order valence-corrected chi connectivity index (χ2v) is 6.13. The first kappa shape index (κ1) is 16.3. The first-order valence-electron chi connectivity index (χ1n) is 7.24. The first-order chi connectivity index (χ1) is 11.5. The average Bonchev–Trinajstić information content (AvgIpc) is 2.58. The third kappa shape index (κ3) is 3.68. The van der Waals surface area contributed by atoms with E-state index in [1.807, 2.05) is 12.1 Å². The zero-order valence-electron chi connectivity index (χ0n) is 12.9. The maximum atomic E-state index is 12.0. The summed E-state index contributed by atoms with van der Waals surface area (Å²) in [4.78, 5) is 25.2. The Morgan fingerprint density at radius 2 is 2.04 bits per heavy atom. The number of likely N-dealkylation sites (N-methyl/N-ethyl adjacent to an activating group) is 1. The van der Waals surface area contributed by atoms with Crippen molar-refractivity contribution in [1.82, 2.24) is 0 Å². The van der Waals surface area contributed by atoms with Crippen LogP contribution >= 0.6 is 15.9 Å². The molecule has 0 aromatic heterocycles. The van der Waals surface area contributed by atoms with Crippen LogP contribution in [0.2, 0.25) is 0 Å². The summed E-state index contributed by atoms with van der Waals surface area (Å²) >= 11 is 3.34. The molecule has 0 unspecified atom stereocenters. The van der Waals surface area contributed by atoms with Gasteiger partial charge in [0.2, 0.25) is 0 Å². The van der Waals surface area contributed by atoms with Gasteiger partial charge in [-0.1, -0.05) is 15.9 Å². The van der Waals surface area contributed by atoms with Gasteiger partial charge in [-0.15, -0.1) is 0 Å². The zero-order valence-corrected chi connectivity index (χ0v) is 14.5. The van der Waals surface area contributed by atoms with Crippen molar-refractivity contribution >= 4 is 39.1 Å². The lowest BCUT2D eigenvalue weighted by atomic mass is 10.2. The number of hydrogen-bond donors (Lipinski definition) is 1. The Labute approximate surface area is 147 Å². The number of hydrogen-bond acceptors (Lipinski definition) is 4. The number of nitrogens with one attached hydrogen (secondary N) is 1. The Balaban J connectivity index is 1.62. The molecule has 124 valence electrons. The van der Waals surface area contributed by atoms with Gasteiger partial charge < -0.3 is 19.7 Å². The van der Waals surface area contributed by atoms with E-state index in [1.165, 1.54) is 4.90 Å². The van der Waals surface area contributed by atoms with Crippen molar-refractivity contribution in [2.45, 2.75) is 0 Å². The van der Waals surface area contributed by atoms with Crippen molar-refractivity contribution in [3.05, 3.63) is 46.9 Å². The Morgan fingerprint density at radius 3 is 2.79 bits per heavy atom. The highest BCUT2D eigenvalue weighted by Crippen LogP contribution is 2.33. The fourth-order valence-corrected chi connectivity index (χ4v) is 2.49. The molecule has 0 atom stereocenters. The summed E-state index contributed by atoms with van der Waals surface area (Å²) in [6.45, 7) is -0.0831. The largest absolute Gasteiger partial charge is 0.484 e. The van der Waals surface area contributed by atoms with E-state index in [1.54, 1.807) is 37.4 Å². The maximum Gasteiger partial charge on any atom is 0.264 e. The lowest BCUT2D eigenvalue weighted by Gasteiger charge is -2.26. The van der Waals surface area contributed by atoms with Gasteiger partial charge in [0.1, 0.15) is 11.5 Å². The highest BCUT2D eigenvalue weighted by Gasteiger charge is 2.22. The van der Waals surface area contributed by atoms with Gasteiger partial charge in [0.15, 0.2) is 13.2 Å². The third-order valence-electron chi connectivity index (χ3n) is 3.51. The molecule has 2 amide bonds. The van der Waals surface area contributed by atoms with E-state index >= 15 is 0 Å². The molecule has 24 heavy (non-hydrogen) atoms. The van der Waals surface area contributed by atoms with Crippen molar-refractivity contribution in [2.75, 3.05) is 30.5 Å². The summed E-state index contributed by atoms with van der Waals surface area (Å²) in [6.07, 6.45) is 0. The Morgan fingerprint density at radius 1 is 1.29 bits per heavy atom. The SMILES string of the molecule is CN1C(=O)COc2ccc(NC(=O)COc3ccc(Br)cc3)cc21. The van der Waals surface area contributed by atoms with Crippen LogP contribution in [0.1, 0.15) is 0 Å². The van der Waals surface area contributed by atoms with E-state index in [2.05, 4.69) is 21.2 Å². The lowest BCUT2D eigenvalue weighted by Crippen LogP contribution is -2.35. The van der Waals surface area contributed by atoms with Gasteiger partial charge in [0.25, 0.3) is 11.8 Å². The normalized spacial score (nSPS) is 13.1. The van der Waals surface area contributed by atoms with Crippen LogP contribution in [0.15, 0.2) is 46.9 Å². The molecule has 2 aromatic rings. The standard InChI is InChI=1S/C17H15BrN2O4/c1-20-14-8-12(4-7-15(14)24-10-17(20)22)19-16(21)9-23-13-5-2-11(18)3-6-13/h2-8H,9-10H2,1H3,(H,19,21). The van der Waals surface area contributed by atoms with E-state index in [0.29, 0.717) is 22.9 Å². The van der Waals surface area contributed by atoms with Crippen LogP contribution in [0.4, 0.5) is 11.4 Å². The van der Waals surface area contributed by atoms with E-state index < -0.39 is 0 Å². The number of carbonyl (C=O) groups excluding carboxylic acids is 2. The van der Waals surface area contributed by atoms with Crippen LogP contribution in [-0.2, 0) is 9.59 Å². The fourth-order valence-electron chi connectivity index (χ4n) is 2.23. The van der Waals surface area contributed by atoms with Crippen LogP contribution in [0, 0.1) is 0 Å². The van der Waals surface area contributed by atoms with Crippen molar-refractivity contribution in [2.24, 2.45) is 0 Å². The number of anilines is 2. The maximum absolute atomic E-state index is 12.0. The van der Waals surface area contributed by atoms with Gasteiger partial charge in [0.05, 0.1) is 5.69 Å². The van der Waals surface area contributed by atoms with Crippen molar-refractivity contribution in [3.63, 3.8) is 0 Å². The smallest absolute Gasteiger partial charge is 0.264 e. The van der Waals surface area contributed by atoms with Gasteiger partial charge in [-0.2, -0.15) is 0 Å². The highest BCUT2D eigenvalue weighted by atomic mass is 79.9. The lowest BCUT2D eigenvalue weighted by molar-refractivity contribution is -0.121. The minimum Gasteiger partial charge on any atom is -0.484 e. The monoisotopic (exact) mass is 390 g/mol. The van der Waals surface area contributed by atoms with E-state index in [4.69, 9.17) is 9.47 Å². The summed E-state index contributed by atoms with van der Waals surface area (Å²) in [5, 5.41) is 2.74. The molecule has 1 aliphatic rings. The number of ether oxygens (including phenoxy) is 2. The summed E-state index contributed by atoms with van der Waals surface area (Å²) in [5.74, 6) is 0.798. The molecule has 0 bridgehead atoms. The number of benzene rings is 2. The molecule has 2 aromatic carbocycles. The molecule has 7 heteroatoms. The minimum absolute atomic E-state index is 0.0240. The molecule has 3 rings (SSSR count). The van der Waals surface area contributed by atoms with Crippen LogP contribution in [0.25, 0.3) is 0 Å². The number of fused-ring (bicyclic) bond motifs is 1. The molecular weight excluding hydrogens is 376 g/mol. The fraction of sp³-hybridized carbons (Fsp3) is 0.176. The average molecular weight is 391 g/mol. The molecule has 0 saturated heterocycles. The summed E-state index contributed by atoms with van der Waals surface area (Å²) in [7, 11) is 1.67. The van der Waals surface area contributed by atoms with Gasteiger partial charge in [0, 0.05) is 17.2 Å². The molecule has 0 aliphatic carbocycles. The van der Waals surface area contributed by atoms with E-state index in [9.17, 15) is 9.59 Å². The Bertz CT molecular complexity index is 777. The Hall–Kier alpha value is -2.54. The predicted molar refractivity (Wildman–Crippen MR) is 93.6 cm³/mol. The number of rotatable bonds is 4. The first-order valence-corrected chi connectivity index (χ1v) is 8.04. The van der Waals surface area contributed by atoms with Gasteiger partial charge in [-0.25, -0.2) is 0 Å². The summed E-state index contributed by atoms with van der Waals surface area (Å²) in [6, 6.07) is 12.4. The third-order valence-corrected chi connectivity index (χ3v) is 4.04. The van der Waals surface area contributed by atoms with Crippen molar-refractivity contribution < 1.29 is 19.1 Å². The molecule has 6 nitrogen and oxygen atoms in total. The molecule has 0 spiro atoms. The van der Waals surface area contributed by atoms with Crippen LogP contribution in [-0.4, -0.2) is 32.1 Å². The zero-order chi connectivity index (χ0) is 17.1. The molecule has 0 fully saturated rings. The summed E-state index contributed by atoms with van der Waals surface area (Å²) in [5.41, 5.74) is 1.20. The quantitative estimate of drug-likeness (QED) is 0.871. The van der Waals surface area contributed by atoms with Gasteiger partial charge >= 0.3 is 0 Å². The second kappa shape index (κ2) is 6.92. The molecule has 0 radical (unpaired) electrons. The highest BCUT2D eigenvalue weighted by molar-refractivity contribution is 9.10. The molecule has 1 heterocycles. The number of halogens is 1. The molecule has 0 saturated carbocycles. The topological polar surface area (TPSA) is 67.9 Å². The number of amides is 2. The molecule has 1 aliphatic heterocycles. The Kier molecular flexibility index (Phi) is 4.71. The minimum atomic E-state index is -0.288. The van der Waals surface area contributed by atoms with Gasteiger partial charge in [-0.05, 0) is 42.5 Å². The van der Waals surface area contributed by atoms with E-state index in [-0.39, 0.29) is 25.0 Å². The number of carbonyl (C=O) groups is 2. The van der Waals surface area contributed by atoms with Crippen molar-refractivity contribution in [1.29, 1.82) is 0 Å². The van der Waals surface area contributed by atoms with Gasteiger partial charge in [-0.3, -0.25) is 9.59 Å². The summed E-state index contributed by atoms with van der Waals surface area (Å²) < 4.78 is 11.7. The van der Waals surface area contributed by atoms with Crippen LogP contribution < -0.4 is 19.7 Å². The predicted octanol–water partition coefficient (Wildman–Crippen LogP) is 2.82. The van der Waals surface area contributed by atoms with Crippen LogP contribution in [0.5, 0.6) is 11.5 Å². The van der Waals surface area contributed by atoms with Crippen molar-refractivity contribution in [3.8, 4) is 11.5 Å². The second-order valence-electron chi connectivity index (χ2n) is 5.21. The van der Waals surface area contributed by atoms with Crippen LogP contribution in [0.3, 0.4) is 0 Å².